The fourth-order valence-corrected chi connectivity index (χ4v) is 2.22. The first-order chi connectivity index (χ1) is 13.5. The second kappa shape index (κ2) is 11.0. The second-order valence-electron chi connectivity index (χ2n) is 5.43. The lowest BCUT2D eigenvalue weighted by Gasteiger charge is -2.10. The third kappa shape index (κ3) is 6.60. The van der Waals surface area contributed by atoms with Crippen molar-refractivity contribution < 1.29 is 23.4 Å². The van der Waals surface area contributed by atoms with Gasteiger partial charge in [-0.15, -0.1) is 0 Å². The van der Waals surface area contributed by atoms with E-state index < -0.39 is 11.8 Å². The smallest absolute Gasteiger partial charge is 0.343 e. The number of hydrazone groups is 1. The van der Waals surface area contributed by atoms with Crippen molar-refractivity contribution in [3.63, 3.8) is 0 Å². The molecule has 9 heteroatoms. The van der Waals surface area contributed by atoms with Crippen LogP contribution in [0.5, 0.6) is 11.5 Å². The first-order valence-corrected chi connectivity index (χ1v) is 8.66. The highest BCUT2D eigenvalue weighted by Gasteiger charge is 2.13. The van der Waals surface area contributed by atoms with Crippen LogP contribution in [0.4, 0.5) is 4.39 Å². The minimum absolute atomic E-state index is 0.229. The molecule has 0 radical (unpaired) electrons. The maximum Gasteiger partial charge on any atom is 0.343 e. The van der Waals surface area contributed by atoms with Gasteiger partial charge in [0.05, 0.1) is 25.5 Å². The molecule has 0 aliphatic heterocycles. The van der Waals surface area contributed by atoms with Crippen molar-refractivity contribution in [3.05, 3.63) is 59.4 Å². The molecule has 2 aromatic rings. The Morgan fingerprint density at radius 3 is 2.61 bits per heavy atom. The van der Waals surface area contributed by atoms with E-state index in [4.69, 9.17) is 26.4 Å². The minimum atomic E-state index is -0.617. The van der Waals surface area contributed by atoms with Gasteiger partial charge < -0.3 is 19.5 Å². The fourth-order valence-electron chi connectivity index (χ4n) is 2.07. The number of ether oxygens (including phenoxy) is 3. The number of nitrogens with zero attached hydrogens (tertiary/aromatic N) is 1. The molecule has 0 fully saturated rings. The average molecular weight is 405 g/mol. The Morgan fingerprint density at radius 2 is 1.93 bits per heavy atom. The van der Waals surface area contributed by atoms with Crippen LogP contribution in [0.25, 0.3) is 0 Å². The highest BCUT2D eigenvalue weighted by Crippen LogP contribution is 2.28. The quantitative estimate of drug-likeness (QED) is 0.174. The number of hydrogen-bond donors (Lipinski definition) is 2. The number of thiocarbonyl (C=S) groups is 1. The summed E-state index contributed by atoms with van der Waals surface area (Å²) in [6.07, 6.45) is 1.54. The van der Waals surface area contributed by atoms with Gasteiger partial charge in [0.15, 0.2) is 16.6 Å². The molecule has 0 saturated heterocycles. The van der Waals surface area contributed by atoms with Crippen LogP contribution in [-0.4, -0.2) is 44.7 Å². The van der Waals surface area contributed by atoms with E-state index in [0.717, 1.165) is 0 Å². The van der Waals surface area contributed by atoms with E-state index in [-0.39, 0.29) is 11.3 Å². The average Bonchev–Trinajstić information content (AvgIpc) is 2.69. The SMILES string of the molecule is COCCNC(=S)N/N=C/c1ccc(OC(=O)c2ccc(F)cc2)c(OC)c1. The molecule has 0 amide bonds. The minimum Gasteiger partial charge on any atom is -0.493 e. The summed E-state index contributed by atoms with van der Waals surface area (Å²) in [5, 5.41) is 7.31. The Kier molecular flexibility index (Phi) is 8.32. The first-order valence-electron chi connectivity index (χ1n) is 8.25. The molecule has 0 aromatic heterocycles. The van der Waals surface area contributed by atoms with Crippen LogP contribution in [0, 0.1) is 5.82 Å². The summed E-state index contributed by atoms with van der Waals surface area (Å²) < 4.78 is 28.5. The molecule has 0 unspecified atom stereocenters. The van der Waals surface area contributed by atoms with Gasteiger partial charge in [0, 0.05) is 13.7 Å². The normalized spacial score (nSPS) is 10.5. The van der Waals surface area contributed by atoms with Crippen molar-refractivity contribution in [1.82, 2.24) is 10.7 Å². The van der Waals surface area contributed by atoms with Gasteiger partial charge in [0.2, 0.25) is 0 Å². The summed E-state index contributed by atoms with van der Waals surface area (Å²) in [7, 11) is 3.06. The van der Waals surface area contributed by atoms with Crippen molar-refractivity contribution in [2.24, 2.45) is 5.10 Å². The molecule has 2 aromatic carbocycles. The highest BCUT2D eigenvalue weighted by atomic mass is 32.1. The van der Waals surface area contributed by atoms with Gasteiger partial charge in [-0.05, 0) is 60.2 Å². The van der Waals surface area contributed by atoms with Gasteiger partial charge in [0.1, 0.15) is 5.82 Å². The topological polar surface area (TPSA) is 81.2 Å². The van der Waals surface area contributed by atoms with Crippen LogP contribution in [0.2, 0.25) is 0 Å². The van der Waals surface area contributed by atoms with Crippen LogP contribution >= 0.6 is 12.2 Å². The second-order valence-corrected chi connectivity index (χ2v) is 5.83. The molecule has 7 nitrogen and oxygen atoms in total. The molecular formula is C19H20FN3O4S. The molecule has 0 heterocycles. The summed E-state index contributed by atoms with van der Waals surface area (Å²) in [5.74, 6) is -0.465. The number of carbonyl (C=O) groups excluding carboxylic acids is 1. The lowest BCUT2D eigenvalue weighted by Crippen LogP contribution is -2.34. The number of rotatable bonds is 8. The van der Waals surface area contributed by atoms with Crippen LogP contribution in [-0.2, 0) is 4.74 Å². The maximum atomic E-state index is 13.0. The molecular weight excluding hydrogens is 385 g/mol. The van der Waals surface area contributed by atoms with Gasteiger partial charge in [-0.2, -0.15) is 5.10 Å². The van der Waals surface area contributed by atoms with E-state index in [9.17, 15) is 9.18 Å². The van der Waals surface area contributed by atoms with E-state index in [1.165, 1.54) is 31.4 Å². The van der Waals surface area contributed by atoms with Crippen LogP contribution in [0.3, 0.4) is 0 Å². The molecule has 28 heavy (non-hydrogen) atoms. The van der Waals surface area contributed by atoms with E-state index in [1.807, 2.05) is 0 Å². The lowest BCUT2D eigenvalue weighted by molar-refractivity contribution is 0.0729. The molecule has 0 saturated carbocycles. The molecule has 148 valence electrons. The maximum absolute atomic E-state index is 13.0. The lowest BCUT2D eigenvalue weighted by atomic mass is 10.2. The van der Waals surface area contributed by atoms with Crippen LogP contribution in [0.15, 0.2) is 47.6 Å². The van der Waals surface area contributed by atoms with Gasteiger partial charge in [-0.1, -0.05) is 0 Å². The summed E-state index contributed by atoms with van der Waals surface area (Å²) in [5.41, 5.74) is 3.61. The predicted octanol–water partition coefficient (Wildman–Crippen LogP) is 2.50. The molecule has 0 aliphatic rings. The van der Waals surface area contributed by atoms with Crippen molar-refractivity contribution in [2.45, 2.75) is 0 Å². The molecule has 2 rings (SSSR count). The molecule has 0 aliphatic carbocycles. The Balaban J connectivity index is 1.99. The molecule has 0 atom stereocenters. The van der Waals surface area contributed by atoms with E-state index >= 15 is 0 Å². The largest absolute Gasteiger partial charge is 0.493 e. The molecule has 0 spiro atoms. The summed E-state index contributed by atoms with van der Waals surface area (Å²) in [6.45, 7) is 1.10. The highest BCUT2D eigenvalue weighted by molar-refractivity contribution is 7.80. The van der Waals surface area contributed by atoms with Gasteiger partial charge >= 0.3 is 5.97 Å². The number of hydrogen-bond acceptors (Lipinski definition) is 6. The third-order valence-corrected chi connectivity index (χ3v) is 3.68. The summed E-state index contributed by atoms with van der Waals surface area (Å²) >= 11 is 5.06. The Hall–Kier alpha value is -3.04. The predicted molar refractivity (Wildman–Crippen MR) is 108 cm³/mol. The van der Waals surface area contributed by atoms with Gasteiger partial charge in [0.25, 0.3) is 0 Å². The Bertz CT molecular complexity index is 844. The van der Waals surface area contributed by atoms with Crippen molar-refractivity contribution in [2.75, 3.05) is 27.4 Å². The molecule has 2 N–H and O–H groups in total. The van der Waals surface area contributed by atoms with Crippen LogP contribution < -0.4 is 20.2 Å². The van der Waals surface area contributed by atoms with Gasteiger partial charge in [-0.3, -0.25) is 5.43 Å². The van der Waals surface area contributed by atoms with Crippen molar-refractivity contribution in [3.8, 4) is 11.5 Å². The zero-order valence-corrected chi connectivity index (χ0v) is 16.2. The van der Waals surface area contributed by atoms with E-state index in [2.05, 4.69) is 15.8 Å². The Labute approximate surface area is 167 Å². The standard InChI is InChI=1S/C19H20FN3O4S/c1-25-10-9-21-19(28)23-22-12-13-3-8-16(17(11-13)26-2)27-18(24)14-4-6-15(20)7-5-14/h3-8,11-12H,9-10H2,1-2H3,(H2,21,23,28)/b22-12+. The van der Waals surface area contributed by atoms with Crippen molar-refractivity contribution in [1.29, 1.82) is 0 Å². The summed E-state index contributed by atoms with van der Waals surface area (Å²) in [4.78, 5) is 12.2. The zero-order chi connectivity index (χ0) is 20.4. The van der Waals surface area contributed by atoms with E-state index in [0.29, 0.717) is 29.6 Å². The van der Waals surface area contributed by atoms with Crippen LogP contribution in [0.1, 0.15) is 15.9 Å². The number of nitrogens with one attached hydrogen (secondary N) is 2. The third-order valence-electron chi connectivity index (χ3n) is 3.44. The molecule has 0 bridgehead atoms. The number of halogens is 1. The Morgan fingerprint density at radius 1 is 1.18 bits per heavy atom. The van der Waals surface area contributed by atoms with Gasteiger partial charge in [-0.25, -0.2) is 9.18 Å². The number of methoxy groups -OCH3 is 2. The number of esters is 1. The summed E-state index contributed by atoms with van der Waals surface area (Å²) in [6, 6.07) is 10.0. The fraction of sp³-hybridized carbons (Fsp3) is 0.211. The zero-order valence-electron chi connectivity index (χ0n) is 15.4. The monoisotopic (exact) mass is 405 g/mol. The van der Waals surface area contributed by atoms with E-state index in [1.54, 1.807) is 31.5 Å². The van der Waals surface area contributed by atoms with Crippen molar-refractivity contribution >= 4 is 29.5 Å². The first kappa shape index (κ1) is 21.3. The number of carbonyl (C=O) groups is 1. The number of benzene rings is 2.